The Morgan fingerprint density at radius 2 is 1.77 bits per heavy atom. The molecule has 2 aromatic carbocycles. The molecule has 0 aliphatic rings. The summed E-state index contributed by atoms with van der Waals surface area (Å²) in [4.78, 5) is 15.8. The Labute approximate surface area is 175 Å². The van der Waals surface area contributed by atoms with Crippen LogP contribution in [-0.2, 0) is 0 Å². The molecule has 7 nitrogen and oxygen atoms in total. The van der Waals surface area contributed by atoms with Gasteiger partial charge < -0.3 is 14.2 Å². The van der Waals surface area contributed by atoms with Gasteiger partial charge in [-0.05, 0) is 42.0 Å². The summed E-state index contributed by atoms with van der Waals surface area (Å²) < 4.78 is 16.8. The first-order valence-corrected chi connectivity index (χ1v) is 9.48. The van der Waals surface area contributed by atoms with Crippen LogP contribution in [0.5, 0.6) is 17.2 Å². The summed E-state index contributed by atoms with van der Waals surface area (Å²) in [5.41, 5.74) is 3.79. The number of pyridine rings is 1. The molecule has 0 aliphatic carbocycles. The zero-order chi connectivity index (χ0) is 21.0. The minimum Gasteiger partial charge on any atom is -0.493 e. The molecule has 0 saturated heterocycles. The number of methoxy groups -OCH3 is 1. The number of hydrogen-bond donors (Lipinski definition) is 1. The van der Waals surface area contributed by atoms with Crippen LogP contribution in [0.25, 0.3) is 0 Å². The summed E-state index contributed by atoms with van der Waals surface area (Å²) in [6.07, 6.45) is 5.40. The van der Waals surface area contributed by atoms with Gasteiger partial charge in [0.25, 0.3) is 5.91 Å². The van der Waals surface area contributed by atoms with Gasteiger partial charge in [-0.15, -0.1) is 0 Å². The van der Waals surface area contributed by atoms with Crippen molar-refractivity contribution in [2.45, 2.75) is 6.42 Å². The number of hydrogen-bond acceptors (Lipinski definition) is 6. The number of nitrogens with one attached hydrogen (secondary N) is 1. The molecule has 0 fully saturated rings. The predicted molar refractivity (Wildman–Crippen MR) is 114 cm³/mol. The van der Waals surface area contributed by atoms with E-state index >= 15 is 0 Å². The smallest absolute Gasteiger partial charge is 0.271 e. The number of nitrogens with zero attached hydrogens (tertiary/aromatic N) is 2. The van der Waals surface area contributed by atoms with Gasteiger partial charge in [0.15, 0.2) is 11.5 Å². The van der Waals surface area contributed by atoms with Crippen molar-refractivity contribution in [2.24, 2.45) is 5.10 Å². The first-order chi connectivity index (χ1) is 14.8. The summed E-state index contributed by atoms with van der Waals surface area (Å²) in [5, 5.41) is 3.99. The molecule has 1 heterocycles. The monoisotopic (exact) mass is 405 g/mol. The zero-order valence-corrected chi connectivity index (χ0v) is 16.7. The van der Waals surface area contributed by atoms with E-state index < -0.39 is 0 Å². The van der Waals surface area contributed by atoms with Crippen LogP contribution >= 0.6 is 0 Å². The minimum absolute atomic E-state index is 0.295. The van der Waals surface area contributed by atoms with Crippen molar-refractivity contribution in [3.63, 3.8) is 0 Å². The number of benzene rings is 2. The van der Waals surface area contributed by atoms with Crippen molar-refractivity contribution >= 4 is 12.1 Å². The average Bonchev–Trinajstić information content (AvgIpc) is 2.80. The fraction of sp³-hybridized carbons (Fsp3) is 0.174. The number of carbonyl (C=O) groups is 1. The maximum atomic E-state index is 12.0. The lowest BCUT2D eigenvalue weighted by atomic mass is 10.2. The Hall–Kier alpha value is -3.87. The fourth-order valence-electron chi connectivity index (χ4n) is 2.59. The lowest BCUT2D eigenvalue weighted by Crippen LogP contribution is -2.17. The molecule has 1 amide bonds. The van der Waals surface area contributed by atoms with E-state index in [4.69, 9.17) is 14.2 Å². The highest BCUT2D eigenvalue weighted by atomic mass is 16.5. The number of rotatable bonds is 10. The Morgan fingerprint density at radius 1 is 1.00 bits per heavy atom. The highest BCUT2D eigenvalue weighted by Crippen LogP contribution is 2.25. The number of aromatic nitrogens is 1. The van der Waals surface area contributed by atoms with Gasteiger partial charge in [-0.3, -0.25) is 9.78 Å². The lowest BCUT2D eigenvalue weighted by Gasteiger charge is -2.11. The van der Waals surface area contributed by atoms with Crippen LogP contribution in [0.4, 0.5) is 0 Å². The Bertz CT molecular complexity index is 977. The van der Waals surface area contributed by atoms with E-state index in [0.717, 1.165) is 17.7 Å². The third-order valence-corrected chi connectivity index (χ3v) is 4.06. The number of para-hydroxylation sites is 2. The molecule has 0 unspecified atom stereocenters. The highest BCUT2D eigenvalue weighted by molar-refractivity contribution is 5.94. The topological polar surface area (TPSA) is 82.0 Å². The van der Waals surface area contributed by atoms with E-state index in [1.165, 1.54) is 0 Å². The van der Waals surface area contributed by atoms with Crippen LogP contribution in [0.15, 0.2) is 78.2 Å². The molecule has 154 valence electrons. The quantitative estimate of drug-likeness (QED) is 0.316. The lowest BCUT2D eigenvalue weighted by molar-refractivity contribution is 0.0955. The molecule has 1 N–H and O–H groups in total. The molecular weight excluding hydrogens is 382 g/mol. The summed E-state index contributed by atoms with van der Waals surface area (Å²) in [6.45, 7) is 1.02. The molecule has 30 heavy (non-hydrogen) atoms. The molecule has 7 heteroatoms. The van der Waals surface area contributed by atoms with E-state index in [1.54, 1.807) is 37.9 Å². The van der Waals surface area contributed by atoms with Crippen molar-refractivity contribution in [1.29, 1.82) is 0 Å². The SMILES string of the molecule is COc1ccccc1OCCCOc1cccc(/C=N\NC(=O)c2ccncc2)c1. The molecule has 0 atom stereocenters. The molecule has 0 radical (unpaired) electrons. The first-order valence-electron chi connectivity index (χ1n) is 9.48. The van der Waals surface area contributed by atoms with Gasteiger partial charge in [-0.2, -0.15) is 5.10 Å². The number of hydrazone groups is 1. The van der Waals surface area contributed by atoms with Crippen LogP contribution < -0.4 is 19.6 Å². The highest BCUT2D eigenvalue weighted by Gasteiger charge is 2.03. The molecule has 0 bridgehead atoms. The molecule has 3 rings (SSSR count). The largest absolute Gasteiger partial charge is 0.493 e. The zero-order valence-electron chi connectivity index (χ0n) is 16.7. The Morgan fingerprint density at radius 3 is 2.57 bits per heavy atom. The maximum absolute atomic E-state index is 12.0. The van der Waals surface area contributed by atoms with Crippen LogP contribution in [-0.4, -0.2) is 37.4 Å². The average molecular weight is 405 g/mol. The van der Waals surface area contributed by atoms with Gasteiger partial charge in [0.05, 0.1) is 26.5 Å². The summed E-state index contributed by atoms with van der Waals surface area (Å²) in [5.74, 6) is 1.85. The van der Waals surface area contributed by atoms with Crippen molar-refractivity contribution in [3.8, 4) is 17.2 Å². The second kappa shape index (κ2) is 11.2. The van der Waals surface area contributed by atoms with Gasteiger partial charge in [0.2, 0.25) is 0 Å². The molecule has 0 saturated carbocycles. The van der Waals surface area contributed by atoms with Crippen molar-refractivity contribution < 1.29 is 19.0 Å². The standard InChI is InChI=1S/C23H23N3O4/c1-28-21-8-2-3-9-22(21)30-15-5-14-29-20-7-4-6-18(16-20)17-25-26-23(27)19-10-12-24-13-11-19/h2-4,6-13,16-17H,5,14-15H2,1H3,(H,26,27)/b25-17-. The van der Waals surface area contributed by atoms with Gasteiger partial charge in [-0.25, -0.2) is 5.43 Å². The summed E-state index contributed by atoms with van der Waals surface area (Å²) in [7, 11) is 1.62. The van der Waals surface area contributed by atoms with Crippen molar-refractivity contribution in [2.75, 3.05) is 20.3 Å². The van der Waals surface area contributed by atoms with Gasteiger partial charge in [-0.1, -0.05) is 24.3 Å². The molecule has 1 aromatic heterocycles. The summed E-state index contributed by atoms with van der Waals surface area (Å²) in [6, 6.07) is 18.2. The van der Waals surface area contributed by atoms with Crippen LogP contribution in [0.2, 0.25) is 0 Å². The second-order valence-corrected chi connectivity index (χ2v) is 6.21. The van der Waals surface area contributed by atoms with Gasteiger partial charge in [0, 0.05) is 24.4 Å². The van der Waals surface area contributed by atoms with Crippen LogP contribution in [0, 0.1) is 0 Å². The normalized spacial score (nSPS) is 10.6. The van der Waals surface area contributed by atoms with Crippen molar-refractivity contribution in [3.05, 3.63) is 84.2 Å². The third-order valence-electron chi connectivity index (χ3n) is 4.06. The van der Waals surface area contributed by atoms with Crippen LogP contribution in [0.1, 0.15) is 22.3 Å². The number of amides is 1. The van der Waals surface area contributed by atoms with Gasteiger partial charge >= 0.3 is 0 Å². The van der Waals surface area contributed by atoms with Gasteiger partial charge in [0.1, 0.15) is 5.75 Å². The summed E-state index contributed by atoms with van der Waals surface area (Å²) >= 11 is 0. The van der Waals surface area contributed by atoms with Crippen molar-refractivity contribution in [1.82, 2.24) is 10.4 Å². The minimum atomic E-state index is -0.295. The predicted octanol–water partition coefficient (Wildman–Crippen LogP) is 3.70. The molecule has 0 aliphatic heterocycles. The van der Waals surface area contributed by atoms with Crippen LogP contribution in [0.3, 0.4) is 0 Å². The van der Waals surface area contributed by atoms with E-state index in [9.17, 15) is 4.79 Å². The van der Waals surface area contributed by atoms with E-state index in [2.05, 4.69) is 15.5 Å². The molecule has 3 aromatic rings. The Kier molecular flexibility index (Phi) is 7.79. The fourth-order valence-corrected chi connectivity index (χ4v) is 2.59. The molecular formula is C23H23N3O4. The first kappa shape index (κ1) is 20.9. The Balaban J connectivity index is 1.42. The third kappa shape index (κ3) is 6.34. The molecule has 0 spiro atoms. The second-order valence-electron chi connectivity index (χ2n) is 6.21. The number of carbonyl (C=O) groups excluding carboxylic acids is 1. The number of ether oxygens (including phenoxy) is 3. The van der Waals surface area contributed by atoms with E-state index in [0.29, 0.717) is 30.3 Å². The maximum Gasteiger partial charge on any atom is 0.271 e. The van der Waals surface area contributed by atoms with E-state index in [-0.39, 0.29) is 5.91 Å². The van der Waals surface area contributed by atoms with E-state index in [1.807, 2.05) is 48.5 Å².